The van der Waals surface area contributed by atoms with E-state index in [1.54, 1.807) is 11.8 Å². The number of benzene rings is 1. The van der Waals surface area contributed by atoms with Crippen LogP contribution in [0, 0.1) is 5.82 Å². The number of thioether (sulfide) groups is 2. The molecule has 0 unspecified atom stereocenters. The number of amides is 1. The van der Waals surface area contributed by atoms with Gasteiger partial charge in [0.1, 0.15) is 5.82 Å². The Kier molecular flexibility index (Phi) is 4.93. The van der Waals surface area contributed by atoms with Gasteiger partial charge in [0.05, 0.1) is 16.5 Å². The summed E-state index contributed by atoms with van der Waals surface area (Å²) in [5, 5.41) is 2.97. The molecule has 2 heterocycles. The second-order valence-corrected chi connectivity index (χ2v) is 7.11. The van der Waals surface area contributed by atoms with Gasteiger partial charge in [0, 0.05) is 22.8 Å². The lowest BCUT2D eigenvalue weighted by Gasteiger charge is -2.06. The van der Waals surface area contributed by atoms with E-state index in [1.807, 2.05) is 0 Å². The standard InChI is InChI=1S/C14H11ClFN3O2S2/c15-9-3-7(1-2-10(9)16)17-12(20)6-23-14-18-11-5-22-4-8(11)13(21)19-14/h1-3H,4-6H2,(H,17,20)(H,18,19,21). The van der Waals surface area contributed by atoms with Gasteiger partial charge in [-0.1, -0.05) is 23.4 Å². The number of nitrogens with zero attached hydrogens (tertiary/aromatic N) is 1. The summed E-state index contributed by atoms with van der Waals surface area (Å²) in [5.41, 5.74) is 1.76. The summed E-state index contributed by atoms with van der Waals surface area (Å²) in [5.74, 6) is 0.623. The van der Waals surface area contributed by atoms with Gasteiger partial charge in [0.15, 0.2) is 5.16 Å². The Morgan fingerprint density at radius 1 is 1.48 bits per heavy atom. The molecule has 1 aromatic heterocycles. The third-order valence-electron chi connectivity index (χ3n) is 3.11. The predicted octanol–water partition coefficient (Wildman–Crippen LogP) is 3.04. The molecule has 0 aliphatic carbocycles. The van der Waals surface area contributed by atoms with Gasteiger partial charge in [0.2, 0.25) is 5.91 Å². The second kappa shape index (κ2) is 6.94. The number of hydrogen-bond acceptors (Lipinski definition) is 5. The summed E-state index contributed by atoms with van der Waals surface area (Å²) >= 11 is 8.44. The van der Waals surface area contributed by atoms with Gasteiger partial charge in [-0.2, -0.15) is 11.8 Å². The molecule has 0 saturated carbocycles. The maximum absolute atomic E-state index is 13.1. The number of rotatable bonds is 4. The molecule has 23 heavy (non-hydrogen) atoms. The molecule has 9 heteroatoms. The number of halogens is 2. The van der Waals surface area contributed by atoms with Gasteiger partial charge in [-0.3, -0.25) is 9.59 Å². The number of carbonyl (C=O) groups excluding carboxylic acids is 1. The number of aromatic amines is 1. The highest BCUT2D eigenvalue weighted by Gasteiger charge is 2.18. The quantitative estimate of drug-likeness (QED) is 0.638. The number of carbonyl (C=O) groups is 1. The first kappa shape index (κ1) is 16.4. The molecule has 1 aromatic carbocycles. The van der Waals surface area contributed by atoms with Crippen molar-refractivity contribution in [2.75, 3.05) is 11.1 Å². The van der Waals surface area contributed by atoms with E-state index in [-0.39, 0.29) is 22.2 Å². The average Bonchev–Trinajstić information content (AvgIpc) is 2.98. The van der Waals surface area contributed by atoms with Crippen LogP contribution in [0.3, 0.4) is 0 Å². The molecule has 0 radical (unpaired) electrons. The fraction of sp³-hybridized carbons (Fsp3) is 0.214. The molecule has 0 bridgehead atoms. The minimum Gasteiger partial charge on any atom is -0.325 e. The Morgan fingerprint density at radius 3 is 3.09 bits per heavy atom. The van der Waals surface area contributed by atoms with Crippen molar-refractivity contribution in [1.29, 1.82) is 0 Å². The molecule has 0 saturated heterocycles. The highest BCUT2D eigenvalue weighted by Crippen LogP contribution is 2.26. The van der Waals surface area contributed by atoms with Gasteiger partial charge in [-0.15, -0.1) is 0 Å². The van der Waals surface area contributed by atoms with Crippen LogP contribution in [0.15, 0.2) is 28.2 Å². The highest BCUT2D eigenvalue weighted by molar-refractivity contribution is 7.99. The summed E-state index contributed by atoms with van der Waals surface area (Å²) in [7, 11) is 0. The number of fused-ring (bicyclic) bond motifs is 1. The normalized spacial score (nSPS) is 13.0. The first-order chi connectivity index (χ1) is 11.0. The number of anilines is 1. The lowest BCUT2D eigenvalue weighted by molar-refractivity contribution is -0.113. The van der Waals surface area contributed by atoms with Crippen molar-refractivity contribution in [2.24, 2.45) is 0 Å². The molecule has 1 aliphatic heterocycles. The molecule has 0 fully saturated rings. The van der Waals surface area contributed by atoms with Crippen LogP contribution in [0.5, 0.6) is 0 Å². The number of aromatic nitrogens is 2. The number of H-pyrrole nitrogens is 1. The molecule has 1 amide bonds. The maximum atomic E-state index is 13.1. The Hall–Kier alpha value is -1.51. The highest BCUT2D eigenvalue weighted by atomic mass is 35.5. The Bertz CT molecular complexity index is 828. The zero-order valence-corrected chi connectivity index (χ0v) is 14.1. The van der Waals surface area contributed by atoms with Gasteiger partial charge in [-0.05, 0) is 18.2 Å². The van der Waals surface area contributed by atoms with E-state index in [0.717, 1.165) is 17.5 Å². The molecule has 0 atom stereocenters. The van der Waals surface area contributed by atoms with Gasteiger partial charge >= 0.3 is 0 Å². The van der Waals surface area contributed by atoms with Crippen LogP contribution >= 0.6 is 35.1 Å². The fourth-order valence-electron chi connectivity index (χ4n) is 2.01. The first-order valence-electron chi connectivity index (χ1n) is 6.60. The van der Waals surface area contributed by atoms with Crippen molar-refractivity contribution in [3.05, 3.63) is 50.7 Å². The lowest BCUT2D eigenvalue weighted by Crippen LogP contribution is -2.17. The first-order valence-corrected chi connectivity index (χ1v) is 9.12. The van der Waals surface area contributed by atoms with Crippen molar-refractivity contribution in [3.8, 4) is 0 Å². The van der Waals surface area contributed by atoms with E-state index in [2.05, 4.69) is 15.3 Å². The van der Waals surface area contributed by atoms with E-state index in [4.69, 9.17) is 11.6 Å². The summed E-state index contributed by atoms with van der Waals surface area (Å²) in [6, 6.07) is 3.95. The van der Waals surface area contributed by atoms with Crippen LogP contribution in [-0.2, 0) is 16.3 Å². The SMILES string of the molecule is O=C(CSc1nc2c(c(=O)[nH]1)CSC2)Nc1ccc(F)c(Cl)c1. The summed E-state index contributed by atoms with van der Waals surface area (Å²) < 4.78 is 13.1. The minimum atomic E-state index is -0.545. The van der Waals surface area contributed by atoms with Crippen molar-refractivity contribution in [2.45, 2.75) is 16.7 Å². The van der Waals surface area contributed by atoms with Gasteiger partial charge < -0.3 is 10.3 Å². The molecule has 2 aromatic rings. The third kappa shape index (κ3) is 3.88. The van der Waals surface area contributed by atoms with Crippen LogP contribution in [-0.4, -0.2) is 21.6 Å². The van der Waals surface area contributed by atoms with E-state index < -0.39 is 5.82 Å². The van der Waals surface area contributed by atoms with Crippen LogP contribution in [0.1, 0.15) is 11.3 Å². The van der Waals surface area contributed by atoms with Gasteiger partial charge in [-0.25, -0.2) is 9.37 Å². The van der Waals surface area contributed by atoms with E-state index >= 15 is 0 Å². The smallest absolute Gasteiger partial charge is 0.255 e. The van der Waals surface area contributed by atoms with Gasteiger partial charge in [0.25, 0.3) is 5.56 Å². The Labute approximate surface area is 144 Å². The minimum absolute atomic E-state index is 0.0578. The molecule has 3 rings (SSSR count). The molecule has 2 N–H and O–H groups in total. The van der Waals surface area contributed by atoms with Crippen LogP contribution in [0.25, 0.3) is 0 Å². The number of nitrogens with one attached hydrogen (secondary N) is 2. The summed E-state index contributed by atoms with van der Waals surface area (Å²) in [6.45, 7) is 0. The lowest BCUT2D eigenvalue weighted by atomic mass is 10.3. The van der Waals surface area contributed by atoms with E-state index in [0.29, 0.717) is 27.9 Å². The average molecular weight is 372 g/mol. The zero-order valence-electron chi connectivity index (χ0n) is 11.7. The fourth-order valence-corrected chi connectivity index (χ4v) is 3.91. The Balaban J connectivity index is 1.62. The third-order valence-corrected chi connectivity index (χ3v) is 5.24. The zero-order chi connectivity index (χ0) is 16.4. The van der Waals surface area contributed by atoms with Crippen molar-refractivity contribution in [1.82, 2.24) is 9.97 Å². The maximum Gasteiger partial charge on any atom is 0.255 e. The largest absolute Gasteiger partial charge is 0.325 e. The van der Waals surface area contributed by atoms with Crippen LogP contribution in [0.4, 0.5) is 10.1 Å². The molecule has 1 aliphatic rings. The predicted molar refractivity (Wildman–Crippen MR) is 90.6 cm³/mol. The molecular formula is C14H11ClFN3O2S2. The van der Waals surface area contributed by atoms with Crippen molar-refractivity contribution >= 4 is 46.7 Å². The van der Waals surface area contributed by atoms with Crippen molar-refractivity contribution in [3.63, 3.8) is 0 Å². The summed E-state index contributed by atoms with van der Waals surface area (Å²) in [4.78, 5) is 30.8. The molecule has 120 valence electrons. The summed E-state index contributed by atoms with van der Waals surface area (Å²) in [6.07, 6.45) is 0. The Morgan fingerprint density at radius 2 is 2.30 bits per heavy atom. The van der Waals surface area contributed by atoms with Crippen LogP contribution in [0.2, 0.25) is 5.02 Å². The van der Waals surface area contributed by atoms with E-state index in [9.17, 15) is 14.0 Å². The van der Waals surface area contributed by atoms with E-state index in [1.165, 1.54) is 18.2 Å². The topological polar surface area (TPSA) is 74.8 Å². The monoisotopic (exact) mass is 371 g/mol. The second-order valence-electron chi connectivity index (χ2n) is 4.75. The van der Waals surface area contributed by atoms with Crippen molar-refractivity contribution < 1.29 is 9.18 Å². The molecule has 5 nitrogen and oxygen atoms in total. The number of hydrogen-bond donors (Lipinski definition) is 2. The molecule has 0 spiro atoms. The molecular weight excluding hydrogens is 361 g/mol. The van der Waals surface area contributed by atoms with Crippen LogP contribution < -0.4 is 10.9 Å².